The van der Waals surface area contributed by atoms with Crippen LogP contribution in [0.4, 0.5) is 0 Å². The lowest BCUT2D eigenvalue weighted by molar-refractivity contribution is 0.101. The molecule has 92 valence electrons. The van der Waals surface area contributed by atoms with Crippen LogP contribution < -0.4 is 9.47 Å². The van der Waals surface area contributed by atoms with E-state index in [2.05, 4.69) is 0 Å². The number of hydrogen-bond acceptors (Lipinski definition) is 4. The van der Waals surface area contributed by atoms with Crippen molar-refractivity contribution in [3.05, 3.63) is 46.9 Å². The van der Waals surface area contributed by atoms with E-state index < -0.39 is 0 Å². The number of benzene rings is 1. The number of carbonyl (C=O) groups is 1. The van der Waals surface area contributed by atoms with Crippen LogP contribution >= 0.6 is 11.6 Å². The second-order valence-corrected chi connectivity index (χ2v) is 4.16. The minimum Gasteiger partial charge on any atom is -0.486 e. The van der Waals surface area contributed by atoms with Gasteiger partial charge in [0.15, 0.2) is 22.5 Å². The van der Waals surface area contributed by atoms with Crippen molar-refractivity contribution >= 4 is 17.4 Å². The van der Waals surface area contributed by atoms with Crippen LogP contribution in [0, 0.1) is 0 Å². The summed E-state index contributed by atoms with van der Waals surface area (Å²) in [5, 5.41) is 0.191. The summed E-state index contributed by atoms with van der Waals surface area (Å²) in [5.41, 5.74) is 0.477. The van der Waals surface area contributed by atoms with Gasteiger partial charge in [0.25, 0.3) is 0 Å². The van der Waals surface area contributed by atoms with E-state index in [-0.39, 0.29) is 16.8 Å². The van der Waals surface area contributed by atoms with Gasteiger partial charge < -0.3 is 13.9 Å². The second kappa shape index (κ2) is 4.38. The zero-order chi connectivity index (χ0) is 12.5. The number of ketones is 1. The van der Waals surface area contributed by atoms with Crippen molar-refractivity contribution in [1.82, 2.24) is 0 Å². The molecule has 0 radical (unpaired) electrons. The van der Waals surface area contributed by atoms with Gasteiger partial charge in [-0.1, -0.05) is 0 Å². The molecule has 2 aromatic rings. The molecule has 0 unspecified atom stereocenters. The van der Waals surface area contributed by atoms with Gasteiger partial charge in [0.1, 0.15) is 13.2 Å². The molecule has 0 fully saturated rings. The van der Waals surface area contributed by atoms with Gasteiger partial charge in [0.2, 0.25) is 5.78 Å². The van der Waals surface area contributed by atoms with Gasteiger partial charge in [-0.2, -0.15) is 0 Å². The number of carbonyl (C=O) groups excluding carboxylic acids is 1. The molecule has 1 aromatic heterocycles. The maximum atomic E-state index is 12.1. The van der Waals surface area contributed by atoms with E-state index in [0.717, 1.165) is 0 Å². The van der Waals surface area contributed by atoms with Crippen molar-refractivity contribution in [1.29, 1.82) is 0 Å². The summed E-state index contributed by atoms with van der Waals surface area (Å²) >= 11 is 5.64. The first-order valence-electron chi connectivity index (χ1n) is 5.44. The van der Waals surface area contributed by atoms with Gasteiger partial charge in [0.05, 0.1) is 0 Å². The highest BCUT2D eigenvalue weighted by Crippen LogP contribution is 2.31. The standard InChI is InChI=1S/C13H9ClO4/c14-12-4-3-10(18-12)13(15)8-1-2-9-11(7-8)17-6-5-16-9/h1-4,7H,5-6H2. The van der Waals surface area contributed by atoms with Crippen molar-refractivity contribution in [2.45, 2.75) is 0 Å². The normalized spacial score (nSPS) is 13.4. The third-order valence-corrected chi connectivity index (χ3v) is 2.80. The molecule has 0 spiro atoms. The van der Waals surface area contributed by atoms with Gasteiger partial charge in [-0.25, -0.2) is 0 Å². The highest BCUT2D eigenvalue weighted by Gasteiger charge is 2.18. The first-order chi connectivity index (χ1) is 8.74. The number of rotatable bonds is 2. The van der Waals surface area contributed by atoms with E-state index >= 15 is 0 Å². The molecule has 0 atom stereocenters. The molecular weight excluding hydrogens is 256 g/mol. The maximum Gasteiger partial charge on any atom is 0.228 e. The average Bonchev–Trinajstić information content (AvgIpc) is 2.84. The molecule has 0 saturated carbocycles. The Morgan fingerprint density at radius 3 is 2.56 bits per heavy atom. The van der Waals surface area contributed by atoms with Crippen molar-refractivity contribution in [2.24, 2.45) is 0 Å². The monoisotopic (exact) mass is 264 g/mol. The van der Waals surface area contributed by atoms with Crippen LogP contribution in [0.2, 0.25) is 5.22 Å². The highest BCUT2D eigenvalue weighted by molar-refractivity contribution is 6.29. The Morgan fingerprint density at radius 2 is 1.83 bits per heavy atom. The Labute approximate surface area is 108 Å². The molecule has 0 amide bonds. The van der Waals surface area contributed by atoms with Crippen LogP contribution in [0.5, 0.6) is 11.5 Å². The average molecular weight is 265 g/mol. The topological polar surface area (TPSA) is 48.7 Å². The van der Waals surface area contributed by atoms with E-state index in [1.165, 1.54) is 6.07 Å². The van der Waals surface area contributed by atoms with Crippen molar-refractivity contribution < 1.29 is 18.7 Å². The third kappa shape index (κ3) is 1.95. The van der Waals surface area contributed by atoms with E-state index in [0.29, 0.717) is 30.3 Å². The van der Waals surface area contributed by atoms with E-state index in [4.69, 9.17) is 25.5 Å². The lowest BCUT2D eigenvalue weighted by Gasteiger charge is -2.18. The Kier molecular flexibility index (Phi) is 2.72. The Bertz CT molecular complexity index is 603. The summed E-state index contributed by atoms with van der Waals surface area (Å²) in [4.78, 5) is 12.1. The van der Waals surface area contributed by atoms with Gasteiger partial charge in [-0.15, -0.1) is 0 Å². The number of fused-ring (bicyclic) bond motifs is 1. The first-order valence-corrected chi connectivity index (χ1v) is 5.81. The molecule has 5 heteroatoms. The zero-order valence-electron chi connectivity index (χ0n) is 9.31. The zero-order valence-corrected chi connectivity index (χ0v) is 10.1. The number of furan rings is 1. The van der Waals surface area contributed by atoms with Crippen LogP contribution in [-0.2, 0) is 0 Å². The fourth-order valence-corrected chi connectivity index (χ4v) is 1.91. The van der Waals surface area contributed by atoms with Crippen molar-refractivity contribution in [3.63, 3.8) is 0 Å². The van der Waals surface area contributed by atoms with E-state index in [9.17, 15) is 4.79 Å². The van der Waals surface area contributed by atoms with Gasteiger partial charge >= 0.3 is 0 Å². The molecule has 0 saturated heterocycles. The summed E-state index contributed by atoms with van der Waals surface area (Å²) in [6.45, 7) is 1.01. The quantitative estimate of drug-likeness (QED) is 0.783. The molecule has 18 heavy (non-hydrogen) atoms. The SMILES string of the molecule is O=C(c1ccc2c(c1)OCCO2)c1ccc(Cl)o1. The van der Waals surface area contributed by atoms with Crippen LogP contribution in [-0.4, -0.2) is 19.0 Å². The Hall–Kier alpha value is -1.94. The molecule has 0 bridgehead atoms. The Morgan fingerprint density at radius 1 is 1.06 bits per heavy atom. The third-order valence-electron chi connectivity index (χ3n) is 2.60. The van der Waals surface area contributed by atoms with Crippen LogP contribution in [0.15, 0.2) is 34.7 Å². The fraction of sp³-hybridized carbons (Fsp3) is 0.154. The molecular formula is C13H9ClO4. The minimum absolute atomic E-state index is 0.191. The number of halogens is 1. The summed E-state index contributed by atoms with van der Waals surface area (Å²) in [7, 11) is 0. The number of hydrogen-bond donors (Lipinski definition) is 0. The lowest BCUT2D eigenvalue weighted by atomic mass is 10.1. The maximum absolute atomic E-state index is 12.1. The predicted molar refractivity (Wildman–Crippen MR) is 64.6 cm³/mol. The Balaban J connectivity index is 1.95. The summed E-state index contributed by atoms with van der Waals surface area (Å²) in [6.07, 6.45) is 0. The van der Waals surface area contributed by atoms with E-state index in [1.807, 2.05) is 0 Å². The van der Waals surface area contributed by atoms with Gasteiger partial charge in [0, 0.05) is 5.56 Å². The van der Waals surface area contributed by atoms with Crippen molar-refractivity contribution in [3.8, 4) is 11.5 Å². The minimum atomic E-state index is -0.237. The summed E-state index contributed by atoms with van der Waals surface area (Å²) < 4.78 is 15.9. The number of ether oxygens (including phenoxy) is 2. The molecule has 3 rings (SSSR count). The highest BCUT2D eigenvalue weighted by atomic mass is 35.5. The molecule has 1 aliphatic heterocycles. The predicted octanol–water partition coefficient (Wildman–Crippen LogP) is 2.94. The molecule has 1 aromatic carbocycles. The molecule has 0 aliphatic carbocycles. The van der Waals surface area contributed by atoms with Crippen LogP contribution in [0.3, 0.4) is 0 Å². The summed E-state index contributed by atoms with van der Waals surface area (Å²) in [5.74, 6) is 1.19. The largest absolute Gasteiger partial charge is 0.486 e. The van der Waals surface area contributed by atoms with Crippen molar-refractivity contribution in [2.75, 3.05) is 13.2 Å². The molecule has 0 N–H and O–H groups in total. The van der Waals surface area contributed by atoms with Crippen LogP contribution in [0.1, 0.15) is 16.1 Å². The summed E-state index contributed by atoms with van der Waals surface area (Å²) in [6, 6.07) is 8.11. The fourth-order valence-electron chi connectivity index (χ4n) is 1.76. The van der Waals surface area contributed by atoms with Crippen LogP contribution in [0.25, 0.3) is 0 Å². The van der Waals surface area contributed by atoms with Gasteiger partial charge in [-0.3, -0.25) is 4.79 Å². The first kappa shape index (κ1) is 11.2. The lowest BCUT2D eigenvalue weighted by Crippen LogP contribution is -2.15. The van der Waals surface area contributed by atoms with E-state index in [1.54, 1.807) is 24.3 Å². The second-order valence-electron chi connectivity index (χ2n) is 3.79. The molecule has 2 heterocycles. The molecule has 4 nitrogen and oxygen atoms in total. The van der Waals surface area contributed by atoms with Gasteiger partial charge in [-0.05, 0) is 41.9 Å². The smallest absolute Gasteiger partial charge is 0.228 e. The molecule has 1 aliphatic rings.